The minimum absolute atomic E-state index is 0.181. The maximum atomic E-state index is 12.6. The molecule has 0 bridgehead atoms. The van der Waals surface area contributed by atoms with E-state index in [1.807, 2.05) is 6.07 Å². The summed E-state index contributed by atoms with van der Waals surface area (Å²) < 4.78 is 5.24. The number of rotatable bonds is 5. The molecule has 2 rings (SSSR count). The quantitative estimate of drug-likeness (QED) is 0.789. The van der Waals surface area contributed by atoms with Crippen LogP contribution in [0, 0.1) is 11.3 Å². The molecule has 0 aliphatic carbocycles. The minimum Gasteiger partial charge on any atom is -0.467 e. The van der Waals surface area contributed by atoms with Crippen LogP contribution < -0.4 is 0 Å². The molecule has 0 saturated heterocycles. The molecule has 0 aliphatic rings. The lowest BCUT2D eigenvalue weighted by Gasteiger charge is -2.21. The number of aromatic nitrogens is 1. The van der Waals surface area contributed by atoms with Crippen LogP contribution in [-0.2, 0) is 6.54 Å². The van der Waals surface area contributed by atoms with E-state index in [-0.39, 0.29) is 41.2 Å². The van der Waals surface area contributed by atoms with Crippen LogP contribution in [0.15, 0.2) is 35.1 Å². The van der Waals surface area contributed by atoms with E-state index in [1.54, 1.807) is 12.1 Å². The molecule has 108 valence electrons. The summed E-state index contributed by atoms with van der Waals surface area (Å²) in [5.41, 5.74) is 0.251. The molecule has 0 unspecified atom stereocenters. The normalized spacial score (nSPS) is 10.1. The number of amides is 1. The molecule has 0 spiro atoms. The van der Waals surface area contributed by atoms with Gasteiger partial charge in [-0.3, -0.25) is 4.79 Å². The first-order valence-electron chi connectivity index (χ1n) is 6.11. The molecular formula is C14H11Cl2N3O2. The number of hydrogen-bond acceptors (Lipinski definition) is 4. The number of nitriles is 1. The molecule has 0 fully saturated rings. The highest BCUT2D eigenvalue weighted by Crippen LogP contribution is 2.21. The molecule has 0 radical (unpaired) electrons. The van der Waals surface area contributed by atoms with E-state index >= 15 is 0 Å². The van der Waals surface area contributed by atoms with Gasteiger partial charge in [0, 0.05) is 12.7 Å². The molecule has 5 nitrogen and oxygen atoms in total. The predicted octanol–water partition coefficient (Wildman–Crippen LogP) is 3.54. The second kappa shape index (κ2) is 7.11. The van der Waals surface area contributed by atoms with Crippen molar-refractivity contribution in [1.82, 2.24) is 9.88 Å². The lowest BCUT2D eigenvalue weighted by atomic mass is 10.2. The van der Waals surface area contributed by atoms with Gasteiger partial charge in [0.25, 0.3) is 5.91 Å². The highest BCUT2D eigenvalue weighted by atomic mass is 35.5. The van der Waals surface area contributed by atoms with Gasteiger partial charge in [-0.05, 0) is 18.2 Å². The maximum absolute atomic E-state index is 12.6. The number of hydrogen-bond donors (Lipinski definition) is 0. The Morgan fingerprint density at radius 1 is 1.48 bits per heavy atom. The van der Waals surface area contributed by atoms with Gasteiger partial charge in [0.1, 0.15) is 10.9 Å². The lowest BCUT2D eigenvalue weighted by molar-refractivity contribution is 0.0735. The van der Waals surface area contributed by atoms with Gasteiger partial charge in [-0.2, -0.15) is 5.26 Å². The molecule has 0 saturated carbocycles. The van der Waals surface area contributed by atoms with Crippen LogP contribution in [0.3, 0.4) is 0 Å². The van der Waals surface area contributed by atoms with Crippen molar-refractivity contribution >= 4 is 29.1 Å². The number of nitrogens with zero attached hydrogens (tertiary/aromatic N) is 3. The van der Waals surface area contributed by atoms with Gasteiger partial charge in [-0.25, -0.2) is 4.98 Å². The van der Waals surface area contributed by atoms with Crippen LogP contribution >= 0.6 is 23.2 Å². The molecule has 2 aromatic heterocycles. The van der Waals surface area contributed by atoms with E-state index in [0.29, 0.717) is 5.76 Å². The number of furan rings is 1. The molecular weight excluding hydrogens is 313 g/mol. The molecule has 0 atom stereocenters. The Kier molecular flexibility index (Phi) is 5.20. The summed E-state index contributed by atoms with van der Waals surface area (Å²) in [7, 11) is 0. The van der Waals surface area contributed by atoms with Crippen molar-refractivity contribution in [2.75, 3.05) is 6.54 Å². The summed E-state index contributed by atoms with van der Waals surface area (Å²) in [5, 5.41) is 9.12. The Labute approximate surface area is 131 Å². The van der Waals surface area contributed by atoms with Crippen molar-refractivity contribution < 1.29 is 9.21 Å². The fourth-order valence-electron chi connectivity index (χ4n) is 1.78. The van der Waals surface area contributed by atoms with Crippen molar-refractivity contribution in [3.8, 4) is 6.07 Å². The zero-order chi connectivity index (χ0) is 15.2. The van der Waals surface area contributed by atoms with E-state index in [9.17, 15) is 4.79 Å². The molecule has 2 heterocycles. The van der Waals surface area contributed by atoms with Gasteiger partial charge in [-0.15, -0.1) is 0 Å². The average molecular weight is 324 g/mol. The Morgan fingerprint density at radius 3 is 2.95 bits per heavy atom. The first-order chi connectivity index (χ1) is 10.1. The van der Waals surface area contributed by atoms with Gasteiger partial charge >= 0.3 is 0 Å². The van der Waals surface area contributed by atoms with E-state index in [4.69, 9.17) is 32.9 Å². The SMILES string of the molecule is N#CCCN(Cc1ccco1)C(=O)c1cc(Cl)ncc1Cl. The molecule has 0 N–H and O–H groups in total. The maximum Gasteiger partial charge on any atom is 0.255 e. The number of carbonyl (C=O) groups excluding carboxylic acids is 1. The Bertz CT molecular complexity index is 665. The average Bonchev–Trinajstić information content (AvgIpc) is 2.98. The van der Waals surface area contributed by atoms with E-state index in [0.717, 1.165) is 0 Å². The Hall–Kier alpha value is -2.03. The highest BCUT2D eigenvalue weighted by Gasteiger charge is 2.20. The van der Waals surface area contributed by atoms with Crippen LogP contribution in [0.1, 0.15) is 22.5 Å². The van der Waals surface area contributed by atoms with Crippen molar-refractivity contribution in [3.63, 3.8) is 0 Å². The molecule has 7 heteroatoms. The van der Waals surface area contributed by atoms with Crippen molar-refractivity contribution in [3.05, 3.63) is 52.2 Å². The second-order valence-electron chi connectivity index (χ2n) is 4.20. The van der Waals surface area contributed by atoms with Gasteiger partial charge in [0.05, 0.1) is 35.9 Å². The number of halogens is 2. The molecule has 0 aliphatic heterocycles. The predicted molar refractivity (Wildman–Crippen MR) is 77.9 cm³/mol. The number of pyridine rings is 1. The van der Waals surface area contributed by atoms with Gasteiger partial charge in [0.2, 0.25) is 0 Å². The minimum atomic E-state index is -0.323. The van der Waals surface area contributed by atoms with Crippen molar-refractivity contribution in [2.24, 2.45) is 0 Å². The zero-order valence-corrected chi connectivity index (χ0v) is 12.4. The lowest BCUT2D eigenvalue weighted by Crippen LogP contribution is -2.31. The van der Waals surface area contributed by atoms with E-state index in [2.05, 4.69) is 4.98 Å². The molecule has 0 aromatic carbocycles. The summed E-state index contributed by atoms with van der Waals surface area (Å²) in [6.07, 6.45) is 3.06. The first-order valence-corrected chi connectivity index (χ1v) is 6.87. The van der Waals surface area contributed by atoms with Crippen LogP contribution in [0.4, 0.5) is 0 Å². The van der Waals surface area contributed by atoms with Crippen LogP contribution in [0.25, 0.3) is 0 Å². The third kappa shape index (κ3) is 3.97. The monoisotopic (exact) mass is 323 g/mol. The van der Waals surface area contributed by atoms with Crippen molar-refractivity contribution in [1.29, 1.82) is 5.26 Å². The van der Waals surface area contributed by atoms with Gasteiger partial charge < -0.3 is 9.32 Å². The van der Waals surface area contributed by atoms with E-state index < -0.39 is 0 Å². The standard InChI is InChI=1S/C14H11Cl2N3O2/c15-12-8-18-13(16)7-11(12)14(20)19(5-2-4-17)9-10-3-1-6-21-10/h1,3,6-8H,2,5,9H2. The highest BCUT2D eigenvalue weighted by molar-refractivity contribution is 6.35. The summed E-state index contributed by atoms with van der Waals surface area (Å²) in [5.74, 6) is 0.300. The third-order valence-electron chi connectivity index (χ3n) is 2.76. The number of carbonyl (C=O) groups is 1. The summed E-state index contributed by atoms with van der Waals surface area (Å²) >= 11 is 11.8. The first kappa shape index (κ1) is 15.4. The fourth-order valence-corrected chi connectivity index (χ4v) is 2.12. The summed E-state index contributed by atoms with van der Waals surface area (Å²) in [6.45, 7) is 0.524. The van der Waals surface area contributed by atoms with Gasteiger partial charge in [-0.1, -0.05) is 23.2 Å². The fraction of sp³-hybridized carbons (Fsp3) is 0.214. The second-order valence-corrected chi connectivity index (χ2v) is 5.00. The molecule has 2 aromatic rings. The summed E-state index contributed by atoms with van der Waals surface area (Å²) in [4.78, 5) is 17.9. The Balaban J connectivity index is 2.24. The largest absolute Gasteiger partial charge is 0.467 e. The summed E-state index contributed by atoms with van der Waals surface area (Å²) in [6, 6.07) is 6.92. The van der Waals surface area contributed by atoms with Crippen molar-refractivity contribution in [2.45, 2.75) is 13.0 Å². The van der Waals surface area contributed by atoms with Crippen LogP contribution in [0.5, 0.6) is 0 Å². The van der Waals surface area contributed by atoms with Crippen LogP contribution in [0.2, 0.25) is 10.2 Å². The molecule has 21 heavy (non-hydrogen) atoms. The van der Waals surface area contributed by atoms with Crippen LogP contribution in [-0.4, -0.2) is 22.3 Å². The third-order valence-corrected chi connectivity index (χ3v) is 3.27. The molecule has 1 amide bonds. The zero-order valence-electron chi connectivity index (χ0n) is 10.9. The topological polar surface area (TPSA) is 70.1 Å². The van der Waals surface area contributed by atoms with Gasteiger partial charge in [0.15, 0.2) is 0 Å². The Morgan fingerprint density at radius 2 is 2.29 bits per heavy atom. The smallest absolute Gasteiger partial charge is 0.255 e. The van der Waals surface area contributed by atoms with E-state index in [1.165, 1.54) is 23.4 Å².